The van der Waals surface area contributed by atoms with Crippen molar-refractivity contribution in [1.82, 2.24) is 15.1 Å². The molecule has 0 aromatic carbocycles. The molecule has 4 nitrogen and oxygen atoms in total. The lowest BCUT2D eigenvalue weighted by Gasteiger charge is -2.06. The van der Waals surface area contributed by atoms with E-state index in [9.17, 15) is 0 Å². The maximum Gasteiger partial charge on any atom is 0.0587 e. The summed E-state index contributed by atoms with van der Waals surface area (Å²) in [6.07, 6.45) is 7.72. The second-order valence-corrected chi connectivity index (χ2v) is 3.17. The Balaban J connectivity index is 2.33. The summed E-state index contributed by atoms with van der Waals surface area (Å²) in [6.45, 7) is 3.15. The fraction of sp³-hybridized carbons (Fsp3) is 0.545. The first-order chi connectivity index (χ1) is 7.38. The molecule has 1 aromatic rings. The molecule has 0 bridgehead atoms. The first-order valence-electron chi connectivity index (χ1n) is 5.02. The lowest BCUT2D eigenvalue weighted by molar-refractivity contribution is 0.199. The van der Waals surface area contributed by atoms with Crippen molar-refractivity contribution in [2.24, 2.45) is 0 Å². The van der Waals surface area contributed by atoms with E-state index in [2.05, 4.69) is 16.3 Å². The van der Waals surface area contributed by atoms with Gasteiger partial charge in [0.25, 0.3) is 0 Å². The molecule has 0 saturated heterocycles. The van der Waals surface area contributed by atoms with E-state index in [0.29, 0.717) is 6.42 Å². The number of ether oxygens (including phenoxy) is 1. The molecule has 1 heterocycles. The topological polar surface area (TPSA) is 39.1 Å². The predicted octanol–water partition coefficient (Wildman–Crippen LogP) is 0.642. The quantitative estimate of drug-likeness (QED) is 0.527. The Hall–Kier alpha value is -1.31. The minimum atomic E-state index is 0.715. The summed E-state index contributed by atoms with van der Waals surface area (Å²) in [5.74, 6) is 2.61. The maximum absolute atomic E-state index is 5.21. The highest BCUT2D eigenvalue weighted by atomic mass is 16.5. The summed E-state index contributed by atoms with van der Waals surface area (Å²) >= 11 is 0. The van der Waals surface area contributed by atoms with Crippen molar-refractivity contribution in [3.05, 3.63) is 18.0 Å². The van der Waals surface area contributed by atoms with E-state index in [1.54, 1.807) is 13.3 Å². The summed E-state index contributed by atoms with van der Waals surface area (Å²) in [7, 11) is 1.69. The Bertz CT molecular complexity index is 314. The first kappa shape index (κ1) is 11.8. The average Bonchev–Trinajstić information content (AvgIpc) is 2.69. The number of aromatic nitrogens is 2. The molecule has 0 atom stereocenters. The van der Waals surface area contributed by atoms with Crippen LogP contribution in [-0.2, 0) is 17.8 Å². The molecule has 0 aliphatic carbocycles. The van der Waals surface area contributed by atoms with E-state index in [1.807, 2.05) is 10.7 Å². The van der Waals surface area contributed by atoms with Gasteiger partial charge in [-0.15, -0.1) is 12.3 Å². The molecule has 0 amide bonds. The smallest absolute Gasteiger partial charge is 0.0587 e. The molecular weight excluding hydrogens is 190 g/mol. The molecule has 0 radical (unpaired) electrons. The Labute approximate surface area is 90.6 Å². The molecule has 82 valence electrons. The molecule has 1 aromatic heterocycles. The summed E-state index contributed by atoms with van der Waals surface area (Å²) < 4.78 is 6.88. The molecule has 0 fully saturated rings. The lowest BCUT2D eigenvalue weighted by Crippen LogP contribution is -2.20. The van der Waals surface area contributed by atoms with Crippen LogP contribution in [0, 0.1) is 12.3 Å². The van der Waals surface area contributed by atoms with E-state index in [1.165, 1.54) is 0 Å². The van der Waals surface area contributed by atoms with Crippen LogP contribution in [0.3, 0.4) is 0 Å². The van der Waals surface area contributed by atoms with Crippen molar-refractivity contribution in [2.75, 3.05) is 20.3 Å². The van der Waals surface area contributed by atoms with Gasteiger partial charge in [0.1, 0.15) is 0 Å². The van der Waals surface area contributed by atoms with Crippen LogP contribution in [0.4, 0.5) is 0 Å². The standard InChI is InChI=1S/C11H17N3O/c1-3-4-8-14-11(5-6-13-14)10-12-7-9-15-2/h1,5-6,12H,4,7-10H2,2H3. The predicted molar refractivity (Wildman–Crippen MR) is 59.3 cm³/mol. The highest BCUT2D eigenvalue weighted by molar-refractivity contribution is 5.00. The van der Waals surface area contributed by atoms with Crippen molar-refractivity contribution in [3.8, 4) is 12.3 Å². The lowest BCUT2D eigenvalue weighted by atomic mass is 10.4. The van der Waals surface area contributed by atoms with Crippen molar-refractivity contribution >= 4 is 0 Å². The molecule has 0 aliphatic rings. The fourth-order valence-corrected chi connectivity index (χ4v) is 1.27. The minimum absolute atomic E-state index is 0.715. The Morgan fingerprint density at radius 3 is 3.27 bits per heavy atom. The van der Waals surface area contributed by atoms with E-state index >= 15 is 0 Å². The Morgan fingerprint density at radius 2 is 2.53 bits per heavy atom. The Kier molecular flexibility index (Phi) is 5.52. The van der Waals surface area contributed by atoms with Gasteiger partial charge in [-0.3, -0.25) is 4.68 Å². The number of nitrogens with one attached hydrogen (secondary N) is 1. The zero-order valence-electron chi connectivity index (χ0n) is 9.07. The number of hydrogen-bond acceptors (Lipinski definition) is 3. The highest BCUT2D eigenvalue weighted by Crippen LogP contribution is 1.99. The number of aryl methyl sites for hydroxylation is 1. The molecule has 4 heteroatoms. The summed E-state index contributed by atoms with van der Waals surface area (Å²) in [5.41, 5.74) is 1.15. The van der Waals surface area contributed by atoms with Gasteiger partial charge in [0.2, 0.25) is 0 Å². The van der Waals surface area contributed by atoms with Crippen molar-refractivity contribution in [2.45, 2.75) is 19.5 Å². The third kappa shape index (κ3) is 4.15. The largest absolute Gasteiger partial charge is 0.383 e. The molecule has 0 aliphatic heterocycles. The molecule has 0 saturated carbocycles. The van der Waals surface area contributed by atoms with Crippen molar-refractivity contribution < 1.29 is 4.74 Å². The zero-order chi connectivity index (χ0) is 10.9. The number of rotatable bonds is 7. The van der Waals surface area contributed by atoms with Crippen LogP contribution in [0.5, 0.6) is 0 Å². The second kappa shape index (κ2) is 7.04. The monoisotopic (exact) mass is 207 g/mol. The van der Waals surface area contributed by atoms with Gasteiger partial charge in [0.05, 0.1) is 18.8 Å². The maximum atomic E-state index is 5.21. The van der Waals surface area contributed by atoms with Gasteiger partial charge in [0, 0.05) is 32.8 Å². The van der Waals surface area contributed by atoms with Crippen LogP contribution >= 0.6 is 0 Å². The van der Waals surface area contributed by atoms with Crippen LogP contribution in [0.1, 0.15) is 12.1 Å². The average molecular weight is 207 g/mol. The van der Waals surface area contributed by atoms with E-state index in [0.717, 1.165) is 31.9 Å². The number of hydrogen-bond donors (Lipinski definition) is 1. The fourth-order valence-electron chi connectivity index (χ4n) is 1.27. The molecule has 15 heavy (non-hydrogen) atoms. The van der Waals surface area contributed by atoms with Crippen LogP contribution in [0.2, 0.25) is 0 Å². The SMILES string of the molecule is C#CCCn1nccc1CNCCOC. The minimum Gasteiger partial charge on any atom is -0.383 e. The summed E-state index contributed by atoms with van der Waals surface area (Å²) in [6, 6.07) is 2.00. The van der Waals surface area contributed by atoms with Gasteiger partial charge in [-0.05, 0) is 6.07 Å². The highest BCUT2D eigenvalue weighted by Gasteiger charge is 2.00. The van der Waals surface area contributed by atoms with Crippen LogP contribution in [0.15, 0.2) is 12.3 Å². The molecular formula is C11H17N3O. The van der Waals surface area contributed by atoms with Gasteiger partial charge in [-0.2, -0.15) is 5.10 Å². The van der Waals surface area contributed by atoms with Gasteiger partial charge in [0.15, 0.2) is 0 Å². The van der Waals surface area contributed by atoms with E-state index < -0.39 is 0 Å². The number of nitrogens with zero attached hydrogens (tertiary/aromatic N) is 2. The summed E-state index contributed by atoms with van der Waals surface area (Å²) in [4.78, 5) is 0. The van der Waals surface area contributed by atoms with E-state index in [-0.39, 0.29) is 0 Å². The molecule has 1 rings (SSSR count). The normalized spacial score (nSPS) is 10.1. The Morgan fingerprint density at radius 1 is 1.67 bits per heavy atom. The van der Waals surface area contributed by atoms with Crippen LogP contribution in [-0.4, -0.2) is 30.0 Å². The van der Waals surface area contributed by atoms with Gasteiger partial charge < -0.3 is 10.1 Å². The first-order valence-corrected chi connectivity index (χ1v) is 5.02. The molecule has 1 N–H and O–H groups in total. The second-order valence-electron chi connectivity index (χ2n) is 3.17. The number of terminal acetylenes is 1. The van der Waals surface area contributed by atoms with E-state index in [4.69, 9.17) is 11.2 Å². The summed E-state index contributed by atoms with van der Waals surface area (Å²) in [5, 5.41) is 7.47. The van der Waals surface area contributed by atoms with Crippen LogP contribution < -0.4 is 5.32 Å². The van der Waals surface area contributed by atoms with Gasteiger partial charge in [-0.1, -0.05) is 0 Å². The van der Waals surface area contributed by atoms with Gasteiger partial charge in [-0.25, -0.2) is 0 Å². The van der Waals surface area contributed by atoms with Gasteiger partial charge >= 0.3 is 0 Å². The van der Waals surface area contributed by atoms with Crippen molar-refractivity contribution in [1.29, 1.82) is 0 Å². The third-order valence-electron chi connectivity index (χ3n) is 2.06. The van der Waals surface area contributed by atoms with Crippen LogP contribution in [0.25, 0.3) is 0 Å². The molecule has 0 unspecified atom stereocenters. The number of methoxy groups -OCH3 is 1. The molecule has 0 spiro atoms. The van der Waals surface area contributed by atoms with Crippen molar-refractivity contribution in [3.63, 3.8) is 0 Å². The zero-order valence-corrected chi connectivity index (χ0v) is 9.07. The third-order valence-corrected chi connectivity index (χ3v) is 2.06.